The molecule has 1 rings (SSSR count). The minimum atomic E-state index is 0. The van der Waals surface area contributed by atoms with Gasteiger partial charge in [0.25, 0.3) is 0 Å². The third-order valence-corrected chi connectivity index (χ3v) is 2.01. The average molecular weight is 284 g/mol. The summed E-state index contributed by atoms with van der Waals surface area (Å²) in [5.74, 6) is 0. The van der Waals surface area contributed by atoms with Crippen LogP contribution in [0.4, 0.5) is 0 Å². The van der Waals surface area contributed by atoms with Crippen molar-refractivity contribution in [2.45, 2.75) is 6.92 Å². The molecule has 0 nitrogen and oxygen atoms in total. The van der Waals surface area contributed by atoms with Gasteiger partial charge in [0.15, 0.2) is 0 Å². The SMILES string of the molecule is Cc1ccc[c]([Zn])c1.I. The second-order valence-corrected chi connectivity index (χ2v) is 3.70. The van der Waals surface area contributed by atoms with Gasteiger partial charge in [-0.15, -0.1) is 24.0 Å². The zero-order valence-electron chi connectivity index (χ0n) is 5.42. The first-order chi connectivity index (χ1) is 3.79. The van der Waals surface area contributed by atoms with E-state index < -0.39 is 0 Å². The Morgan fingerprint density at radius 2 is 2.00 bits per heavy atom. The van der Waals surface area contributed by atoms with Crippen LogP contribution in [0.2, 0.25) is 0 Å². The van der Waals surface area contributed by atoms with Crippen molar-refractivity contribution in [1.82, 2.24) is 0 Å². The van der Waals surface area contributed by atoms with Crippen LogP contribution in [0.5, 0.6) is 0 Å². The van der Waals surface area contributed by atoms with Gasteiger partial charge in [0, 0.05) is 0 Å². The molecular formula is C7H8IZn. The molecule has 0 bridgehead atoms. The molecule has 0 N–H and O–H groups in total. The molecule has 0 aliphatic heterocycles. The van der Waals surface area contributed by atoms with Gasteiger partial charge in [-0.05, 0) is 0 Å². The van der Waals surface area contributed by atoms with E-state index in [0.717, 1.165) is 0 Å². The Hall–Kier alpha value is 0.573. The molecule has 0 atom stereocenters. The molecule has 0 saturated heterocycles. The molecule has 9 heavy (non-hydrogen) atoms. The molecule has 0 aliphatic rings. The fourth-order valence-corrected chi connectivity index (χ4v) is 1.67. The Bertz CT molecular complexity index is 169. The summed E-state index contributed by atoms with van der Waals surface area (Å²) >= 11 is 1.27. The number of hydrogen-bond acceptors (Lipinski definition) is 0. The fourth-order valence-electron chi connectivity index (χ4n) is 0.712. The Balaban J connectivity index is 0.000000640. The summed E-state index contributed by atoms with van der Waals surface area (Å²) in [5.41, 5.74) is 1.37. The van der Waals surface area contributed by atoms with E-state index in [4.69, 9.17) is 0 Å². The van der Waals surface area contributed by atoms with Crippen LogP contribution in [0.1, 0.15) is 5.56 Å². The Morgan fingerprint density at radius 1 is 1.33 bits per heavy atom. The second-order valence-electron chi connectivity index (χ2n) is 1.99. The van der Waals surface area contributed by atoms with Crippen LogP contribution in [-0.2, 0) is 18.3 Å². The van der Waals surface area contributed by atoms with Crippen LogP contribution in [0, 0.1) is 6.92 Å². The molecule has 0 aromatic heterocycles. The number of aryl methyl sites for hydroxylation is 1. The molecule has 2 heteroatoms. The quantitative estimate of drug-likeness (QED) is 0.503. The molecule has 0 amide bonds. The summed E-state index contributed by atoms with van der Waals surface area (Å²) in [4.78, 5) is 0. The van der Waals surface area contributed by atoms with Crippen molar-refractivity contribution in [3.63, 3.8) is 0 Å². The Morgan fingerprint density at radius 3 is 2.33 bits per heavy atom. The molecule has 0 spiro atoms. The smallest absolute Gasteiger partial charge is 0.107 e. The first-order valence-electron chi connectivity index (χ1n) is 2.67. The van der Waals surface area contributed by atoms with Crippen LogP contribution in [0.15, 0.2) is 24.3 Å². The van der Waals surface area contributed by atoms with Crippen LogP contribution >= 0.6 is 24.0 Å². The van der Waals surface area contributed by atoms with Gasteiger partial charge >= 0.3 is 59.2 Å². The van der Waals surface area contributed by atoms with Gasteiger partial charge in [-0.3, -0.25) is 0 Å². The molecule has 0 unspecified atom stereocenters. The summed E-state index contributed by atoms with van der Waals surface area (Å²) < 4.78 is 1.46. The summed E-state index contributed by atoms with van der Waals surface area (Å²) in [7, 11) is 0. The van der Waals surface area contributed by atoms with Gasteiger partial charge in [-0.2, -0.15) is 0 Å². The third kappa shape index (κ3) is 3.31. The van der Waals surface area contributed by atoms with E-state index in [1.54, 1.807) is 0 Å². The minimum Gasteiger partial charge on any atom is -0.107 e. The Kier molecular flexibility index (Phi) is 4.68. The summed E-state index contributed by atoms with van der Waals surface area (Å²) in [6.45, 7) is 2.12. The largest absolute Gasteiger partial charge is 0.107 e. The predicted molar refractivity (Wildman–Crippen MR) is 46.2 cm³/mol. The molecule has 0 aliphatic carbocycles. The van der Waals surface area contributed by atoms with E-state index in [2.05, 4.69) is 31.2 Å². The van der Waals surface area contributed by atoms with Gasteiger partial charge in [0.2, 0.25) is 0 Å². The van der Waals surface area contributed by atoms with Crippen LogP contribution in [-0.4, -0.2) is 0 Å². The van der Waals surface area contributed by atoms with Crippen molar-refractivity contribution < 1.29 is 18.3 Å². The van der Waals surface area contributed by atoms with Crippen molar-refractivity contribution in [3.05, 3.63) is 29.8 Å². The van der Waals surface area contributed by atoms with Crippen LogP contribution < -0.4 is 4.16 Å². The third-order valence-electron chi connectivity index (χ3n) is 1.08. The van der Waals surface area contributed by atoms with Gasteiger partial charge in [0.1, 0.15) is 0 Å². The Labute approximate surface area is 82.7 Å². The van der Waals surface area contributed by atoms with Gasteiger partial charge < -0.3 is 0 Å². The van der Waals surface area contributed by atoms with Crippen molar-refractivity contribution in [2.75, 3.05) is 0 Å². The molecule has 0 heterocycles. The minimum absolute atomic E-state index is 0. The molecule has 0 saturated carbocycles. The van der Waals surface area contributed by atoms with E-state index in [1.807, 2.05) is 0 Å². The topological polar surface area (TPSA) is 0 Å². The van der Waals surface area contributed by atoms with E-state index in [9.17, 15) is 0 Å². The maximum Gasteiger partial charge on any atom is -0.107 e. The van der Waals surface area contributed by atoms with Gasteiger partial charge in [-0.1, -0.05) is 0 Å². The van der Waals surface area contributed by atoms with E-state index in [-0.39, 0.29) is 24.0 Å². The molecule has 0 fully saturated rings. The standard InChI is InChI=1S/C7H7.HI.Zn/c1-7-5-3-2-4-6-7;;/h2-3,5-6H,1H3;1H;. The normalized spacial score (nSPS) is 8.33. The molecule has 0 radical (unpaired) electrons. The number of halogens is 1. The van der Waals surface area contributed by atoms with E-state index >= 15 is 0 Å². The van der Waals surface area contributed by atoms with Crippen molar-refractivity contribution in [2.24, 2.45) is 0 Å². The summed E-state index contributed by atoms with van der Waals surface area (Å²) in [6, 6.07) is 8.61. The van der Waals surface area contributed by atoms with Gasteiger partial charge in [0.05, 0.1) is 0 Å². The molecule has 1 aromatic carbocycles. The zero-order valence-corrected chi connectivity index (χ0v) is 10.7. The van der Waals surface area contributed by atoms with E-state index in [1.165, 1.54) is 28.0 Å². The number of rotatable bonds is 0. The summed E-state index contributed by atoms with van der Waals surface area (Å²) in [5, 5.41) is 0. The molecular weight excluding hydrogens is 276 g/mol. The fraction of sp³-hybridized carbons (Fsp3) is 0.143. The monoisotopic (exact) mass is 283 g/mol. The molecule has 45 valence electrons. The maximum atomic E-state index is 2.22. The zero-order chi connectivity index (χ0) is 5.98. The van der Waals surface area contributed by atoms with Crippen LogP contribution in [0.25, 0.3) is 0 Å². The second kappa shape index (κ2) is 4.40. The van der Waals surface area contributed by atoms with Crippen molar-refractivity contribution in [1.29, 1.82) is 0 Å². The number of hydrogen-bond donors (Lipinski definition) is 0. The first kappa shape index (κ1) is 9.57. The van der Waals surface area contributed by atoms with Crippen LogP contribution in [0.3, 0.4) is 0 Å². The van der Waals surface area contributed by atoms with Gasteiger partial charge in [-0.25, -0.2) is 0 Å². The first-order valence-corrected chi connectivity index (χ1v) is 4.16. The van der Waals surface area contributed by atoms with Crippen molar-refractivity contribution in [3.8, 4) is 0 Å². The maximum absolute atomic E-state index is 2.22. The van der Waals surface area contributed by atoms with Crippen molar-refractivity contribution >= 4 is 28.1 Å². The molecule has 1 aromatic rings. The average Bonchev–Trinajstić information content (AvgIpc) is 1.64. The van der Waals surface area contributed by atoms with E-state index in [0.29, 0.717) is 0 Å². The predicted octanol–water partition coefficient (Wildman–Crippen LogP) is 1.79. The number of benzene rings is 1. The summed E-state index contributed by atoms with van der Waals surface area (Å²) in [6.07, 6.45) is 0.